The minimum atomic E-state index is -0.449. The highest BCUT2D eigenvalue weighted by molar-refractivity contribution is 5.79. The lowest BCUT2D eigenvalue weighted by Crippen LogP contribution is -2.12. The summed E-state index contributed by atoms with van der Waals surface area (Å²) in [6.07, 6.45) is 2.93. The number of ketones is 1. The van der Waals surface area contributed by atoms with E-state index in [1.165, 1.54) is 13.2 Å². The van der Waals surface area contributed by atoms with E-state index in [9.17, 15) is 9.18 Å². The second kappa shape index (κ2) is 9.67. The van der Waals surface area contributed by atoms with Crippen LogP contribution >= 0.6 is 0 Å². The van der Waals surface area contributed by atoms with Crippen LogP contribution in [0.5, 0.6) is 5.75 Å². The van der Waals surface area contributed by atoms with Gasteiger partial charge in [-0.15, -0.1) is 0 Å². The van der Waals surface area contributed by atoms with E-state index < -0.39 is 5.82 Å². The van der Waals surface area contributed by atoms with Gasteiger partial charge in [-0.3, -0.25) is 4.79 Å². The first-order chi connectivity index (χ1) is 14.4. The fourth-order valence-corrected chi connectivity index (χ4v) is 3.39. The fourth-order valence-electron chi connectivity index (χ4n) is 3.39. The second-order valence-electron chi connectivity index (χ2n) is 7.73. The Morgan fingerprint density at radius 1 is 1.17 bits per heavy atom. The van der Waals surface area contributed by atoms with Gasteiger partial charge in [0, 0.05) is 30.4 Å². The highest BCUT2D eigenvalue weighted by Gasteiger charge is 2.16. The first kappa shape index (κ1) is 21.7. The van der Waals surface area contributed by atoms with Crippen LogP contribution in [0.25, 0.3) is 22.6 Å². The molecule has 0 aliphatic rings. The maximum absolute atomic E-state index is 13.9. The number of benzene rings is 2. The number of carbonyl (C=O) groups is 1. The number of imidazole rings is 1. The van der Waals surface area contributed by atoms with Crippen molar-refractivity contribution >= 4 is 5.78 Å². The van der Waals surface area contributed by atoms with E-state index in [4.69, 9.17) is 14.8 Å². The highest BCUT2D eigenvalue weighted by atomic mass is 19.1. The molecular weight excluding hydrogens is 383 g/mol. The highest BCUT2D eigenvalue weighted by Crippen LogP contribution is 2.29. The monoisotopic (exact) mass is 410 g/mol. The van der Waals surface area contributed by atoms with Crippen LogP contribution in [0, 0.1) is 11.7 Å². The van der Waals surface area contributed by atoms with E-state index in [-0.39, 0.29) is 30.6 Å². The van der Waals surface area contributed by atoms with Crippen molar-refractivity contribution < 1.29 is 19.0 Å². The third-order valence-corrected chi connectivity index (χ3v) is 4.82. The molecule has 0 spiro atoms. The molecule has 158 valence electrons. The summed E-state index contributed by atoms with van der Waals surface area (Å²) < 4.78 is 20.8. The summed E-state index contributed by atoms with van der Waals surface area (Å²) in [6.45, 7) is 4.32. The summed E-state index contributed by atoms with van der Waals surface area (Å²) in [4.78, 5) is 17.2. The number of aliphatic hydroxyl groups excluding tert-OH is 1. The molecule has 30 heavy (non-hydrogen) atoms. The number of hydrogen-bond acceptors (Lipinski definition) is 4. The average Bonchev–Trinajstić information content (AvgIpc) is 3.12. The molecule has 0 aliphatic carbocycles. The van der Waals surface area contributed by atoms with Crippen LogP contribution in [0.3, 0.4) is 0 Å². The van der Waals surface area contributed by atoms with Crippen molar-refractivity contribution in [2.45, 2.75) is 33.2 Å². The molecule has 0 saturated heterocycles. The van der Waals surface area contributed by atoms with Crippen LogP contribution in [0.2, 0.25) is 0 Å². The zero-order valence-corrected chi connectivity index (χ0v) is 17.6. The van der Waals surface area contributed by atoms with E-state index in [2.05, 4.69) is 0 Å². The van der Waals surface area contributed by atoms with Gasteiger partial charge in [-0.05, 0) is 36.1 Å². The van der Waals surface area contributed by atoms with Crippen molar-refractivity contribution in [1.82, 2.24) is 9.55 Å². The number of aliphatic hydroxyl groups is 1. The topological polar surface area (TPSA) is 64.3 Å². The molecule has 3 aromatic rings. The number of aromatic nitrogens is 2. The van der Waals surface area contributed by atoms with Crippen molar-refractivity contribution in [2.75, 3.05) is 13.7 Å². The molecule has 1 heterocycles. The molecule has 0 saturated carbocycles. The standard InChI is InChI=1S/C24H27FN2O3/c1-16(2)12-20(29)14-27-15-22(18-6-4-17(5-7-18)10-11-28)26-24(27)19-8-9-21(25)23(13-19)30-3/h4-9,13,15-16,28H,10-12,14H2,1-3H3. The van der Waals surface area contributed by atoms with Gasteiger partial charge in [-0.2, -0.15) is 0 Å². The molecule has 3 rings (SSSR count). The summed E-state index contributed by atoms with van der Waals surface area (Å²) in [7, 11) is 1.42. The van der Waals surface area contributed by atoms with Gasteiger partial charge in [0.1, 0.15) is 5.82 Å². The predicted molar refractivity (Wildman–Crippen MR) is 115 cm³/mol. The first-order valence-electron chi connectivity index (χ1n) is 10.0. The lowest BCUT2D eigenvalue weighted by atomic mass is 10.1. The molecule has 0 fully saturated rings. The van der Waals surface area contributed by atoms with Gasteiger partial charge in [0.25, 0.3) is 0 Å². The fraction of sp³-hybridized carbons (Fsp3) is 0.333. The molecule has 0 bridgehead atoms. The SMILES string of the molecule is COc1cc(-c2nc(-c3ccc(CCO)cc3)cn2CC(=O)CC(C)C)ccc1F. The molecule has 0 unspecified atom stereocenters. The Labute approximate surface area is 176 Å². The maximum atomic E-state index is 13.9. The van der Waals surface area contributed by atoms with Crippen LogP contribution in [-0.2, 0) is 17.8 Å². The van der Waals surface area contributed by atoms with Gasteiger partial charge < -0.3 is 14.4 Å². The Kier molecular flexibility index (Phi) is 7.00. The normalized spacial score (nSPS) is 11.1. The quantitative estimate of drug-likeness (QED) is 0.564. The van der Waals surface area contributed by atoms with Crippen molar-refractivity contribution in [3.63, 3.8) is 0 Å². The predicted octanol–water partition coefficient (Wildman–Crippen LogP) is 4.51. The molecular formula is C24H27FN2O3. The summed E-state index contributed by atoms with van der Waals surface area (Å²) in [6, 6.07) is 12.4. The van der Waals surface area contributed by atoms with Crippen LogP contribution in [0.1, 0.15) is 25.8 Å². The van der Waals surface area contributed by atoms with Crippen molar-refractivity contribution in [1.29, 1.82) is 0 Å². The summed E-state index contributed by atoms with van der Waals surface area (Å²) in [5.74, 6) is 0.650. The molecule has 6 heteroatoms. The number of halogens is 1. The lowest BCUT2D eigenvalue weighted by Gasteiger charge is -2.10. The average molecular weight is 410 g/mol. The lowest BCUT2D eigenvalue weighted by molar-refractivity contribution is -0.120. The molecule has 0 radical (unpaired) electrons. The first-order valence-corrected chi connectivity index (χ1v) is 10.0. The van der Waals surface area contributed by atoms with Gasteiger partial charge in [0.15, 0.2) is 17.3 Å². The number of nitrogens with zero attached hydrogens (tertiary/aromatic N) is 2. The van der Waals surface area contributed by atoms with Crippen molar-refractivity contribution in [2.24, 2.45) is 5.92 Å². The van der Waals surface area contributed by atoms with Gasteiger partial charge in [-0.25, -0.2) is 9.37 Å². The molecule has 5 nitrogen and oxygen atoms in total. The number of Topliss-reactive ketones (excluding diaryl/α,β-unsaturated/α-hetero) is 1. The minimum absolute atomic E-state index is 0.0997. The summed E-state index contributed by atoms with van der Waals surface area (Å²) in [5.41, 5.74) is 3.34. The van der Waals surface area contributed by atoms with Crippen LogP contribution in [0.15, 0.2) is 48.7 Å². The largest absolute Gasteiger partial charge is 0.494 e. The molecule has 1 N–H and O–H groups in total. The van der Waals surface area contributed by atoms with Gasteiger partial charge >= 0.3 is 0 Å². The van der Waals surface area contributed by atoms with Crippen molar-refractivity contribution in [3.05, 3.63) is 60.0 Å². The van der Waals surface area contributed by atoms with Gasteiger partial charge in [0.05, 0.1) is 19.3 Å². The molecule has 2 aromatic carbocycles. The number of methoxy groups -OCH3 is 1. The zero-order chi connectivity index (χ0) is 21.7. The van der Waals surface area contributed by atoms with Gasteiger partial charge in [0.2, 0.25) is 0 Å². The summed E-state index contributed by atoms with van der Waals surface area (Å²) in [5, 5.41) is 9.10. The Bertz CT molecular complexity index is 1010. The van der Waals surface area contributed by atoms with Crippen LogP contribution in [0.4, 0.5) is 4.39 Å². The third-order valence-electron chi connectivity index (χ3n) is 4.82. The Morgan fingerprint density at radius 2 is 1.87 bits per heavy atom. The Morgan fingerprint density at radius 3 is 2.50 bits per heavy atom. The van der Waals surface area contributed by atoms with E-state index in [0.29, 0.717) is 24.2 Å². The molecule has 0 atom stereocenters. The van der Waals surface area contributed by atoms with E-state index in [1.54, 1.807) is 12.1 Å². The number of hydrogen-bond donors (Lipinski definition) is 1. The second-order valence-corrected chi connectivity index (χ2v) is 7.73. The molecule has 0 aliphatic heterocycles. The number of rotatable bonds is 9. The molecule has 0 amide bonds. The number of ether oxygens (including phenoxy) is 1. The van der Waals surface area contributed by atoms with E-state index in [0.717, 1.165) is 16.8 Å². The summed E-state index contributed by atoms with van der Waals surface area (Å²) >= 11 is 0. The number of carbonyl (C=O) groups excluding carboxylic acids is 1. The van der Waals surface area contributed by atoms with Crippen LogP contribution in [-0.4, -0.2) is 34.2 Å². The molecule has 1 aromatic heterocycles. The maximum Gasteiger partial charge on any atom is 0.165 e. The van der Waals surface area contributed by atoms with Crippen LogP contribution < -0.4 is 4.74 Å². The van der Waals surface area contributed by atoms with Gasteiger partial charge in [-0.1, -0.05) is 38.1 Å². The smallest absolute Gasteiger partial charge is 0.165 e. The minimum Gasteiger partial charge on any atom is -0.494 e. The van der Waals surface area contributed by atoms with E-state index in [1.807, 2.05) is 48.9 Å². The Hall–Kier alpha value is -2.99. The third kappa shape index (κ3) is 5.13. The van der Waals surface area contributed by atoms with Crippen molar-refractivity contribution in [3.8, 4) is 28.4 Å². The van der Waals surface area contributed by atoms with E-state index >= 15 is 0 Å². The zero-order valence-electron chi connectivity index (χ0n) is 17.6. The Balaban J connectivity index is 2.01.